The fraction of sp³-hybridized carbons (Fsp3) is 0.346. The first-order valence-electron chi connectivity index (χ1n) is 11.9. The zero-order chi connectivity index (χ0) is 29.1. The van der Waals surface area contributed by atoms with Crippen molar-refractivity contribution in [2.24, 2.45) is 0 Å². The van der Waals surface area contributed by atoms with Gasteiger partial charge in [-0.1, -0.05) is 37.9 Å². The van der Waals surface area contributed by atoms with E-state index < -0.39 is 52.8 Å². The number of Topliss-reactive ketones (excluding diaryl/α,β-unsaturated/α-hetero) is 1. The lowest BCUT2D eigenvalue weighted by Gasteiger charge is -2.22. The van der Waals surface area contributed by atoms with Crippen LogP contribution in [0.15, 0.2) is 47.3 Å². The van der Waals surface area contributed by atoms with Crippen molar-refractivity contribution in [3.63, 3.8) is 0 Å². The minimum atomic E-state index is -5.15. The number of amides is 1. The summed E-state index contributed by atoms with van der Waals surface area (Å²) >= 11 is 6.01. The summed E-state index contributed by atoms with van der Waals surface area (Å²) in [7, 11) is 0. The van der Waals surface area contributed by atoms with Gasteiger partial charge in [0.1, 0.15) is 5.56 Å². The lowest BCUT2D eigenvalue weighted by atomic mass is 10.0. The second-order valence-corrected chi connectivity index (χ2v) is 9.22. The highest BCUT2D eigenvalue weighted by atomic mass is 35.5. The molecule has 3 aromatic rings. The summed E-state index contributed by atoms with van der Waals surface area (Å²) in [6.07, 6.45) is -9.22. The highest BCUT2D eigenvalue weighted by Gasteiger charge is 2.38. The lowest BCUT2D eigenvalue weighted by molar-refractivity contribution is -0.143. The number of rotatable bonds is 9. The van der Waals surface area contributed by atoms with Crippen LogP contribution in [0, 0.1) is 0 Å². The highest BCUT2D eigenvalue weighted by molar-refractivity contribution is 6.30. The van der Waals surface area contributed by atoms with Crippen LogP contribution in [0.2, 0.25) is 5.02 Å². The molecule has 6 nitrogen and oxygen atoms in total. The van der Waals surface area contributed by atoms with Gasteiger partial charge in [-0.2, -0.15) is 26.3 Å². The molecule has 1 amide bonds. The van der Waals surface area contributed by atoms with Crippen LogP contribution in [-0.2, 0) is 18.8 Å². The van der Waals surface area contributed by atoms with Crippen LogP contribution in [0.1, 0.15) is 64.2 Å². The molecule has 39 heavy (non-hydrogen) atoms. The number of benzene rings is 2. The second kappa shape index (κ2) is 11.7. The van der Waals surface area contributed by atoms with Crippen molar-refractivity contribution in [3.8, 4) is 5.69 Å². The molecule has 0 aliphatic carbocycles. The molecule has 0 radical (unpaired) electrons. The van der Waals surface area contributed by atoms with Crippen molar-refractivity contribution >= 4 is 23.3 Å². The number of alkyl halides is 6. The molecule has 0 spiro atoms. The summed E-state index contributed by atoms with van der Waals surface area (Å²) in [5.74, 6) is -2.02. The van der Waals surface area contributed by atoms with E-state index >= 15 is 0 Å². The zero-order valence-electron chi connectivity index (χ0n) is 20.8. The number of ketones is 1. The minimum absolute atomic E-state index is 0.0821. The third-order valence-electron chi connectivity index (χ3n) is 5.76. The van der Waals surface area contributed by atoms with Crippen LogP contribution >= 0.6 is 11.6 Å². The summed E-state index contributed by atoms with van der Waals surface area (Å²) in [5, 5.41) is 3.19. The van der Waals surface area contributed by atoms with E-state index in [0.717, 1.165) is 9.58 Å². The summed E-state index contributed by atoms with van der Waals surface area (Å²) < 4.78 is 81.0. The van der Waals surface area contributed by atoms with Crippen LogP contribution in [-0.4, -0.2) is 39.5 Å². The SMILES string of the molecule is CCCc1[nH]n(-c2cccc(Cl)c2)c(=O)c1C(=O)CN(CCC)C(=O)c1cc(C(F)(F)F)cc(C(F)(F)F)c1. The number of nitrogens with zero attached hydrogens (tertiary/aromatic N) is 2. The van der Waals surface area contributed by atoms with Gasteiger partial charge in [0, 0.05) is 22.8 Å². The van der Waals surface area contributed by atoms with Gasteiger partial charge in [0.15, 0.2) is 5.78 Å². The van der Waals surface area contributed by atoms with E-state index in [9.17, 15) is 40.7 Å². The number of carbonyl (C=O) groups excluding carboxylic acids is 2. The van der Waals surface area contributed by atoms with Gasteiger partial charge in [-0.05, 0) is 49.2 Å². The van der Waals surface area contributed by atoms with Crippen LogP contribution in [0.25, 0.3) is 5.69 Å². The van der Waals surface area contributed by atoms with E-state index in [1.165, 1.54) is 6.07 Å². The van der Waals surface area contributed by atoms with Crippen molar-refractivity contribution in [2.75, 3.05) is 13.1 Å². The molecule has 210 valence electrons. The largest absolute Gasteiger partial charge is 0.416 e. The first-order chi connectivity index (χ1) is 18.2. The third-order valence-corrected chi connectivity index (χ3v) is 6.00. The van der Waals surface area contributed by atoms with E-state index in [-0.39, 0.29) is 36.7 Å². The number of halogens is 7. The third kappa shape index (κ3) is 6.92. The van der Waals surface area contributed by atoms with E-state index in [4.69, 9.17) is 11.6 Å². The molecular formula is C26H24ClF6N3O3. The average Bonchev–Trinajstić information content (AvgIpc) is 3.18. The molecule has 0 aliphatic rings. The molecule has 0 unspecified atom stereocenters. The quantitative estimate of drug-likeness (QED) is 0.232. The highest BCUT2D eigenvalue weighted by Crippen LogP contribution is 2.36. The predicted octanol–water partition coefficient (Wildman–Crippen LogP) is 6.54. The van der Waals surface area contributed by atoms with Gasteiger partial charge in [0.2, 0.25) is 0 Å². The maximum atomic E-state index is 13.3. The van der Waals surface area contributed by atoms with Crippen molar-refractivity contribution in [2.45, 2.75) is 45.5 Å². The van der Waals surface area contributed by atoms with E-state index in [2.05, 4.69) is 5.10 Å². The lowest BCUT2D eigenvalue weighted by Crippen LogP contribution is -2.38. The molecule has 2 aromatic carbocycles. The first-order valence-corrected chi connectivity index (χ1v) is 12.3. The van der Waals surface area contributed by atoms with E-state index in [0.29, 0.717) is 29.3 Å². The van der Waals surface area contributed by atoms with E-state index in [1.54, 1.807) is 25.1 Å². The normalized spacial score (nSPS) is 12.0. The van der Waals surface area contributed by atoms with E-state index in [1.807, 2.05) is 6.92 Å². The smallest absolute Gasteiger partial charge is 0.331 e. The zero-order valence-corrected chi connectivity index (χ0v) is 21.6. The number of nitrogens with one attached hydrogen (secondary N) is 1. The molecule has 0 bridgehead atoms. The Balaban J connectivity index is 2.03. The fourth-order valence-corrected chi connectivity index (χ4v) is 4.22. The maximum absolute atomic E-state index is 13.3. The Morgan fingerprint density at radius 1 is 0.949 bits per heavy atom. The summed E-state index contributed by atoms with van der Waals surface area (Å²) in [6, 6.07) is 6.80. The Bertz CT molecular complexity index is 1390. The minimum Gasteiger partial charge on any atom is -0.331 e. The van der Waals surface area contributed by atoms with Crippen LogP contribution < -0.4 is 5.56 Å². The number of aromatic nitrogens is 2. The molecule has 1 aromatic heterocycles. The number of aryl methyl sites for hydroxylation is 1. The molecule has 0 atom stereocenters. The topological polar surface area (TPSA) is 75.2 Å². The average molecular weight is 576 g/mol. The summed E-state index contributed by atoms with van der Waals surface area (Å²) in [4.78, 5) is 40.5. The number of hydrogen-bond acceptors (Lipinski definition) is 3. The van der Waals surface area contributed by atoms with Crippen molar-refractivity contribution in [1.29, 1.82) is 0 Å². The maximum Gasteiger partial charge on any atom is 0.416 e. The Morgan fingerprint density at radius 3 is 2.08 bits per heavy atom. The Hall–Kier alpha value is -3.54. The Labute approximate surface area is 224 Å². The van der Waals surface area contributed by atoms with Crippen molar-refractivity contribution in [1.82, 2.24) is 14.7 Å². The number of H-pyrrole nitrogens is 1. The van der Waals surface area contributed by atoms with Gasteiger partial charge in [-0.3, -0.25) is 19.5 Å². The molecule has 13 heteroatoms. The van der Waals surface area contributed by atoms with Crippen LogP contribution in [0.4, 0.5) is 26.3 Å². The number of aromatic amines is 1. The summed E-state index contributed by atoms with van der Waals surface area (Å²) in [6.45, 7) is 2.53. The van der Waals surface area contributed by atoms with Crippen LogP contribution in [0.3, 0.4) is 0 Å². The second-order valence-electron chi connectivity index (χ2n) is 8.78. The molecule has 0 aliphatic heterocycles. The monoisotopic (exact) mass is 575 g/mol. The molecule has 1 heterocycles. The molecule has 0 fully saturated rings. The predicted molar refractivity (Wildman–Crippen MR) is 132 cm³/mol. The van der Waals surface area contributed by atoms with Crippen molar-refractivity contribution < 1.29 is 35.9 Å². The molecule has 0 saturated heterocycles. The van der Waals surface area contributed by atoms with Gasteiger partial charge in [0.25, 0.3) is 11.5 Å². The van der Waals surface area contributed by atoms with Gasteiger partial charge in [0.05, 0.1) is 23.4 Å². The number of carbonyl (C=O) groups is 2. The molecule has 3 rings (SSSR count). The first kappa shape index (κ1) is 30.0. The summed E-state index contributed by atoms with van der Waals surface area (Å²) in [5.41, 5.74) is -4.55. The van der Waals surface area contributed by atoms with Gasteiger partial charge < -0.3 is 4.90 Å². The molecular weight excluding hydrogens is 552 g/mol. The van der Waals surface area contributed by atoms with Crippen LogP contribution in [0.5, 0.6) is 0 Å². The standard InChI is InChI=1S/C26H24ClF6N3O3/c1-3-6-20-22(24(39)36(34-20)19-8-5-7-18(27)13-19)21(37)14-35(9-4-2)23(38)15-10-16(25(28,29)30)12-17(11-15)26(31,32)33/h5,7-8,10-13,34H,3-4,6,9,14H2,1-2H3. The van der Waals surface area contributed by atoms with Gasteiger partial charge in [-0.15, -0.1) is 0 Å². The number of hydrogen-bond donors (Lipinski definition) is 1. The van der Waals surface area contributed by atoms with Crippen molar-refractivity contribution in [3.05, 3.63) is 85.8 Å². The van der Waals surface area contributed by atoms with Gasteiger partial charge >= 0.3 is 12.4 Å². The molecule has 1 N–H and O–H groups in total. The Kier molecular flexibility index (Phi) is 8.99. The fourth-order valence-electron chi connectivity index (χ4n) is 4.03. The molecule has 0 saturated carbocycles. The Morgan fingerprint density at radius 2 is 1.56 bits per heavy atom. The van der Waals surface area contributed by atoms with Gasteiger partial charge in [-0.25, -0.2) is 4.68 Å².